The molecule has 2 aromatic heterocycles. The molecule has 0 spiro atoms. The number of aromatic amines is 1. The average molecular weight is 352 g/mol. The molecule has 1 aliphatic rings. The number of aryl methyl sites for hydroxylation is 1. The minimum atomic E-state index is 0.113. The van der Waals surface area contributed by atoms with Crippen LogP contribution in [0.15, 0.2) is 43.2 Å². The van der Waals surface area contributed by atoms with Crippen molar-refractivity contribution >= 4 is 16.9 Å². The Morgan fingerprint density at radius 3 is 3.00 bits per heavy atom. The zero-order valence-electron chi connectivity index (χ0n) is 14.8. The number of carbonyl (C=O) groups is 1. The number of rotatable bonds is 5. The summed E-state index contributed by atoms with van der Waals surface area (Å²) in [6.45, 7) is 5.63. The highest BCUT2D eigenvalue weighted by Gasteiger charge is 2.20. The van der Waals surface area contributed by atoms with Gasteiger partial charge in [-0.3, -0.25) is 4.79 Å². The van der Waals surface area contributed by atoms with Crippen LogP contribution in [0.2, 0.25) is 0 Å². The van der Waals surface area contributed by atoms with Crippen molar-refractivity contribution in [2.24, 2.45) is 0 Å². The Labute approximate surface area is 152 Å². The predicted molar refractivity (Wildman–Crippen MR) is 99.9 cm³/mol. The summed E-state index contributed by atoms with van der Waals surface area (Å²) in [6.07, 6.45) is 9.45. The third-order valence-electron chi connectivity index (χ3n) is 4.99. The number of carbonyl (C=O) groups excluding carboxylic acids is 1. The number of imidazole rings is 2. The second-order valence-corrected chi connectivity index (χ2v) is 6.78. The van der Waals surface area contributed by atoms with Crippen molar-refractivity contribution in [1.29, 1.82) is 0 Å². The summed E-state index contributed by atoms with van der Waals surface area (Å²) in [4.78, 5) is 28.7. The maximum absolute atomic E-state index is 12.9. The standard InChI is InChI=1S/C19H24N6O/c26-19(16-3-4-17-18(13-16)22-14-21-17)25-9-2-7-23(11-12-25)6-1-8-24-10-5-20-15-24/h3-5,10,13-15H,1-2,6-9,11-12H2,(H,21,22). The molecule has 1 N–H and O–H groups in total. The Balaban J connectivity index is 1.31. The summed E-state index contributed by atoms with van der Waals surface area (Å²) in [5.41, 5.74) is 2.53. The van der Waals surface area contributed by atoms with Crippen LogP contribution >= 0.6 is 0 Å². The van der Waals surface area contributed by atoms with Crippen LogP contribution in [-0.4, -0.2) is 67.9 Å². The van der Waals surface area contributed by atoms with Crippen LogP contribution in [0.5, 0.6) is 0 Å². The van der Waals surface area contributed by atoms with Crippen molar-refractivity contribution in [2.75, 3.05) is 32.7 Å². The summed E-state index contributed by atoms with van der Waals surface area (Å²) in [5, 5.41) is 0. The molecule has 1 amide bonds. The fourth-order valence-corrected chi connectivity index (χ4v) is 3.54. The Morgan fingerprint density at radius 2 is 2.12 bits per heavy atom. The molecule has 1 aliphatic heterocycles. The van der Waals surface area contributed by atoms with E-state index in [2.05, 4.69) is 24.4 Å². The minimum Gasteiger partial charge on any atom is -0.345 e. The van der Waals surface area contributed by atoms with Crippen LogP contribution in [-0.2, 0) is 6.54 Å². The third kappa shape index (κ3) is 3.77. The molecule has 7 heteroatoms. The minimum absolute atomic E-state index is 0.113. The fraction of sp³-hybridized carbons (Fsp3) is 0.421. The molecule has 0 aliphatic carbocycles. The first-order valence-electron chi connectivity index (χ1n) is 9.20. The lowest BCUT2D eigenvalue weighted by atomic mass is 10.1. The number of hydrogen-bond acceptors (Lipinski definition) is 4. The van der Waals surface area contributed by atoms with Gasteiger partial charge in [-0.2, -0.15) is 0 Å². The first kappa shape index (κ1) is 16.8. The molecule has 3 aromatic rings. The van der Waals surface area contributed by atoms with Gasteiger partial charge < -0.3 is 19.4 Å². The van der Waals surface area contributed by atoms with Gasteiger partial charge in [0.1, 0.15) is 0 Å². The van der Waals surface area contributed by atoms with Gasteiger partial charge in [0, 0.05) is 44.1 Å². The van der Waals surface area contributed by atoms with Crippen molar-refractivity contribution < 1.29 is 4.79 Å². The quantitative estimate of drug-likeness (QED) is 0.762. The molecular weight excluding hydrogens is 328 g/mol. The molecule has 4 rings (SSSR count). The van der Waals surface area contributed by atoms with Gasteiger partial charge in [-0.05, 0) is 44.1 Å². The molecule has 1 fully saturated rings. The molecule has 136 valence electrons. The normalized spacial score (nSPS) is 16.1. The molecular formula is C19H24N6O. The average Bonchev–Trinajstić information content (AvgIpc) is 3.29. The highest BCUT2D eigenvalue weighted by molar-refractivity contribution is 5.97. The van der Waals surface area contributed by atoms with Crippen LogP contribution in [0.1, 0.15) is 23.2 Å². The number of H-pyrrole nitrogens is 1. The van der Waals surface area contributed by atoms with E-state index in [4.69, 9.17) is 0 Å². The second-order valence-electron chi connectivity index (χ2n) is 6.78. The zero-order chi connectivity index (χ0) is 17.8. The van der Waals surface area contributed by atoms with E-state index in [-0.39, 0.29) is 5.91 Å². The van der Waals surface area contributed by atoms with E-state index in [9.17, 15) is 4.79 Å². The van der Waals surface area contributed by atoms with Gasteiger partial charge in [0.05, 0.1) is 23.7 Å². The molecule has 1 saturated heterocycles. The zero-order valence-corrected chi connectivity index (χ0v) is 14.8. The van der Waals surface area contributed by atoms with E-state index in [1.807, 2.05) is 41.8 Å². The van der Waals surface area contributed by atoms with Crippen LogP contribution in [0.4, 0.5) is 0 Å². The SMILES string of the molecule is O=C(c1ccc2nc[nH]c2c1)N1CCCN(CCCn2ccnc2)CC1. The van der Waals surface area contributed by atoms with Gasteiger partial charge in [-0.15, -0.1) is 0 Å². The highest BCUT2D eigenvalue weighted by Crippen LogP contribution is 2.15. The second kappa shape index (κ2) is 7.70. The van der Waals surface area contributed by atoms with E-state index in [0.717, 1.165) is 68.7 Å². The van der Waals surface area contributed by atoms with E-state index in [1.54, 1.807) is 6.33 Å². The fourth-order valence-electron chi connectivity index (χ4n) is 3.54. The number of nitrogens with one attached hydrogen (secondary N) is 1. The van der Waals surface area contributed by atoms with Gasteiger partial charge in [-0.25, -0.2) is 9.97 Å². The highest BCUT2D eigenvalue weighted by atomic mass is 16.2. The molecule has 0 saturated carbocycles. The monoisotopic (exact) mass is 352 g/mol. The van der Waals surface area contributed by atoms with Crippen LogP contribution in [0, 0.1) is 0 Å². The Bertz CT molecular complexity index is 856. The maximum Gasteiger partial charge on any atom is 0.253 e. The van der Waals surface area contributed by atoms with Gasteiger partial charge in [0.25, 0.3) is 5.91 Å². The van der Waals surface area contributed by atoms with Crippen LogP contribution in [0.25, 0.3) is 11.0 Å². The maximum atomic E-state index is 12.9. The first-order valence-corrected chi connectivity index (χ1v) is 9.20. The van der Waals surface area contributed by atoms with E-state index in [0.29, 0.717) is 0 Å². The lowest BCUT2D eigenvalue weighted by Crippen LogP contribution is -2.35. The number of fused-ring (bicyclic) bond motifs is 1. The largest absolute Gasteiger partial charge is 0.345 e. The van der Waals surface area contributed by atoms with Gasteiger partial charge >= 0.3 is 0 Å². The molecule has 0 atom stereocenters. The molecule has 0 unspecified atom stereocenters. The van der Waals surface area contributed by atoms with Crippen molar-refractivity contribution in [2.45, 2.75) is 19.4 Å². The summed E-state index contributed by atoms with van der Waals surface area (Å²) >= 11 is 0. The summed E-state index contributed by atoms with van der Waals surface area (Å²) < 4.78 is 2.11. The predicted octanol–water partition coefficient (Wildman–Crippen LogP) is 2.00. The molecule has 26 heavy (non-hydrogen) atoms. The molecule has 7 nitrogen and oxygen atoms in total. The molecule has 3 heterocycles. The van der Waals surface area contributed by atoms with Crippen molar-refractivity contribution in [3.8, 4) is 0 Å². The number of aromatic nitrogens is 4. The van der Waals surface area contributed by atoms with Crippen molar-refractivity contribution in [1.82, 2.24) is 29.3 Å². The van der Waals surface area contributed by atoms with Gasteiger partial charge in [-0.1, -0.05) is 0 Å². The number of benzene rings is 1. The Morgan fingerprint density at radius 1 is 1.15 bits per heavy atom. The molecule has 0 bridgehead atoms. The third-order valence-corrected chi connectivity index (χ3v) is 4.99. The van der Waals surface area contributed by atoms with Gasteiger partial charge in [0.15, 0.2) is 0 Å². The lowest BCUT2D eigenvalue weighted by molar-refractivity contribution is 0.0761. The van der Waals surface area contributed by atoms with E-state index >= 15 is 0 Å². The van der Waals surface area contributed by atoms with Crippen LogP contribution < -0.4 is 0 Å². The number of hydrogen-bond donors (Lipinski definition) is 1. The Hall–Kier alpha value is -2.67. The van der Waals surface area contributed by atoms with Crippen molar-refractivity contribution in [3.05, 3.63) is 48.8 Å². The van der Waals surface area contributed by atoms with Crippen LogP contribution in [0.3, 0.4) is 0 Å². The summed E-state index contributed by atoms with van der Waals surface area (Å²) in [7, 11) is 0. The van der Waals surface area contributed by atoms with Crippen molar-refractivity contribution in [3.63, 3.8) is 0 Å². The Kier molecular flexibility index (Phi) is 4.97. The molecule has 0 radical (unpaired) electrons. The number of amides is 1. The van der Waals surface area contributed by atoms with Gasteiger partial charge in [0.2, 0.25) is 0 Å². The smallest absolute Gasteiger partial charge is 0.253 e. The summed E-state index contributed by atoms with van der Waals surface area (Å²) in [6, 6.07) is 5.68. The molecule has 1 aromatic carbocycles. The lowest BCUT2D eigenvalue weighted by Gasteiger charge is -2.22. The summed E-state index contributed by atoms with van der Waals surface area (Å²) in [5.74, 6) is 0.113. The van der Waals surface area contributed by atoms with E-state index in [1.165, 1.54) is 0 Å². The number of nitrogens with zero attached hydrogens (tertiary/aromatic N) is 5. The topological polar surface area (TPSA) is 70.1 Å². The van der Waals surface area contributed by atoms with E-state index < -0.39 is 0 Å². The first-order chi connectivity index (χ1) is 12.8.